The molecule has 0 spiro atoms. The fourth-order valence-electron chi connectivity index (χ4n) is 8.90. The second-order valence-corrected chi connectivity index (χ2v) is 13.2. The van der Waals surface area contributed by atoms with E-state index >= 15 is 0 Å². The van der Waals surface area contributed by atoms with Crippen molar-refractivity contribution in [2.24, 2.45) is 17.3 Å². The van der Waals surface area contributed by atoms with Gasteiger partial charge >= 0.3 is 11.9 Å². The van der Waals surface area contributed by atoms with E-state index in [-0.39, 0.29) is 29.8 Å². The van der Waals surface area contributed by atoms with Crippen LogP contribution in [0, 0.1) is 17.3 Å². The molecule has 4 aliphatic rings. The number of fused-ring (bicyclic) bond motifs is 4. The van der Waals surface area contributed by atoms with Crippen molar-refractivity contribution in [3.8, 4) is 0 Å². The molecule has 0 heterocycles. The Morgan fingerprint density at radius 1 is 1.02 bits per heavy atom. The number of benzene rings is 1. The van der Waals surface area contributed by atoms with Crippen molar-refractivity contribution in [3.63, 3.8) is 0 Å². The number of carboxylic acid groups (broad SMARTS) is 1. The Kier molecular flexibility index (Phi) is 8.51. The molecule has 7 nitrogen and oxygen atoms in total. The summed E-state index contributed by atoms with van der Waals surface area (Å²) in [5.41, 5.74) is 4.71. The van der Waals surface area contributed by atoms with Crippen molar-refractivity contribution < 1.29 is 29.0 Å². The highest BCUT2D eigenvalue weighted by Gasteiger charge is 2.67. The van der Waals surface area contributed by atoms with Crippen LogP contribution in [0.25, 0.3) is 0 Å². The molecule has 2 fully saturated rings. The molecule has 5 atom stereocenters. The van der Waals surface area contributed by atoms with E-state index in [0.717, 1.165) is 57.2 Å². The minimum absolute atomic E-state index is 0.0578. The zero-order valence-electron chi connectivity index (χ0n) is 25.5. The summed E-state index contributed by atoms with van der Waals surface area (Å²) < 4.78 is 6.04. The molecular formula is C35H45NO6. The number of anilines is 1. The third-order valence-corrected chi connectivity index (χ3v) is 10.9. The molecule has 42 heavy (non-hydrogen) atoms. The van der Waals surface area contributed by atoms with Crippen LogP contribution in [0.3, 0.4) is 0 Å². The molecule has 0 aliphatic heterocycles. The number of nitrogens with zero attached hydrogens (tertiary/aromatic N) is 1. The van der Waals surface area contributed by atoms with E-state index in [1.807, 2.05) is 6.08 Å². The van der Waals surface area contributed by atoms with Gasteiger partial charge in [-0.25, -0.2) is 0 Å². The lowest BCUT2D eigenvalue weighted by Crippen LogP contribution is -2.57. The van der Waals surface area contributed by atoms with Gasteiger partial charge in [0.2, 0.25) is 0 Å². The third-order valence-electron chi connectivity index (χ3n) is 10.9. The fraction of sp³-hybridized carbons (Fsp3) is 0.600. The van der Waals surface area contributed by atoms with Crippen molar-refractivity contribution in [2.45, 2.75) is 103 Å². The summed E-state index contributed by atoms with van der Waals surface area (Å²) in [5.74, 6) is -0.381. The number of esters is 1. The Hall–Kier alpha value is -3.22. The van der Waals surface area contributed by atoms with Crippen molar-refractivity contribution in [3.05, 3.63) is 52.6 Å². The number of ketones is 2. The van der Waals surface area contributed by atoms with Crippen molar-refractivity contribution in [1.29, 1.82) is 0 Å². The second kappa shape index (κ2) is 11.8. The Morgan fingerprint density at radius 3 is 2.43 bits per heavy atom. The molecule has 1 N–H and O–H groups in total. The molecule has 1 aromatic rings. The van der Waals surface area contributed by atoms with Gasteiger partial charge < -0.3 is 14.7 Å². The SMILES string of the molecule is CC(=O)O[C@]1(C(C)=O)CC[C@H]2[C@@H]3CCC4=CC(=O)CCC4=C3[C@@H](c3ccc(N(C)CCCCCC(=O)O)cc3)C[C@@]21C. The molecule has 2 saturated carbocycles. The van der Waals surface area contributed by atoms with Crippen LogP contribution in [0.1, 0.15) is 103 Å². The Balaban J connectivity index is 1.49. The Bertz CT molecular complexity index is 1330. The van der Waals surface area contributed by atoms with Crippen molar-refractivity contribution >= 4 is 29.2 Å². The van der Waals surface area contributed by atoms with Gasteiger partial charge in [-0.1, -0.05) is 31.1 Å². The molecule has 0 bridgehead atoms. The summed E-state index contributed by atoms with van der Waals surface area (Å²) in [6.45, 7) is 6.03. The maximum absolute atomic E-state index is 13.3. The van der Waals surface area contributed by atoms with Crippen LogP contribution < -0.4 is 4.90 Å². The van der Waals surface area contributed by atoms with Crippen LogP contribution in [-0.2, 0) is 23.9 Å². The molecule has 1 aromatic carbocycles. The highest BCUT2D eigenvalue weighted by atomic mass is 16.6. The zero-order chi connectivity index (χ0) is 30.2. The Morgan fingerprint density at radius 2 is 1.76 bits per heavy atom. The monoisotopic (exact) mass is 575 g/mol. The number of carbonyl (C=O) groups is 4. The molecule has 0 saturated heterocycles. The maximum Gasteiger partial charge on any atom is 0.303 e. The molecule has 4 aliphatic carbocycles. The number of carbonyl (C=O) groups excluding carboxylic acids is 3. The number of carboxylic acids is 1. The number of hydrogen-bond acceptors (Lipinski definition) is 6. The van der Waals surface area contributed by atoms with Crippen LogP contribution in [0.2, 0.25) is 0 Å². The van der Waals surface area contributed by atoms with E-state index < -0.39 is 23.0 Å². The number of allylic oxidation sites excluding steroid dienone is 4. The van der Waals surface area contributed by atoms with Crippen LogP contribution >= 0.6 is 0 Å². The minimum atomic E-state index is -1.11. The lowest BCUT2D eigenvalue weighted by atomic mass is 9.50. The standard InChI is InChI=1S/C35H45NO6/c1-22(37)35(42-23(2)38)18-17-31-29-15-11-25-20-27(39)14-16-28(25)33(29)30(21-34(31,35)3)24-9-12-26(13-10-24)36(4)19-7-5-6-8-32(40)41/h9-10,12-13,20,29-31H,5-8,11,14-19,21H2,1-4H3,(H,40,41)/t29-,30+,31-,34-,35-/m0/s1. The zero-order valence-corrected chi connectivity index (χ0v) is 25.5. The van der Waals surface area contributed by atoms with Gasteiger partial charge in [-0.15, -0.1) is 0 Å². The average molecular weight is 576 g/mol. The number of aliphatic carboxylic acids is 1. The van der Waals surface area contributed by atoms with E-state index in [0.29, 0.717) is 25.2 Å². The van der Waals surface area contributed by atoms with Gasteiger partial charge in [-0.2, -0.15) is 0 Å². The van der Waals surface area contributed by atoms with Gasteiger partial charge in [-0.05, 0) is 105 Å². The molecular weight excluding hydrogens is 530 g/mol. The maximum atomic E-state index is 13.3. The van der Waals surface area contributed by atoms with Gasteiger partial charge in [0.1, 0.15) is 0 Å². The summed E-state index contributed by atoms with van der Waals surface area (Å²) in [6, 6.07) is 8.73. The topological polar surface area (TPSA) is 101 Å². The minimum Gasteiger partial charge on any atom is -0.481 e. The summed E-state index contributed by atoms with van der Waals surface area (Å²) in [4.78, 5) is 51.1. The first kappa shape index (κ1) is 30.2. The highest BCUT2D eigenvalue weighted by Crippen LogP contribution is 2.67. The van der Waals surface area contributed by atoms with Crippen LogP contribution in [-0.4, -0.2) is 47.8 Å². The Labute approximate surface area is 249 Å². The largest absolute Gasteiger partial charge is 0.481 e. The lowest BCUT2D eigenvalue weighted by Gasteiger charge is -2.55. The molecule has 0 amide bonds. The fourth-order valence-corrected chi connectivity index (χ4v) is 8.90. The van der Waals surface area contributed by atoms with E-state index in [1.165, 1.54) is 29.2 Å². The van der Waals surface area contributed by atoms with Gasteiger partial charge in [-0.3, -0.25) is 19.2 Å². The van der Waals surface area contributed by atoms with Gasteiger partial charge in [0.05, 0.1) is 0 Å². The number of Topliss-reactive ketones (excluding diaryl/α,β-unsaturated/α-hetero) is 1. The van der Waals surface area contributed by atoms with Gasteiger partial charge in [0, 0.05) is 50.4 Å². The van der Waals surface area contributed by atoms with Crippen LogP contribution in [0.5, 0.6) is 0 Å². The van der Waals surface area contributed by atoms with Gasteiger partial charge in [0.15, 0.2) is 17.2 Å². The summed E-state index contributed by atoms with van der Waals surface area (Å²) in [6.07, 6.45) is 9.89. The third kappa shape index (κ3) is 5.35. The van der Waals surface area contributed by atoms with Crippen LogP contribution in [0.15, 0.2) is 47.1 Å². The summed E-state index contributed by atoms with van der Waals surface area (Å²) >= 11 is 0. The molecule has 226 valence electrons. The number of hydrogen-bond donors (Lipinski definition) is 1. The molecule has 0 aromatic heterocycles. The van der Waals surface area contributed by atoms with Crippen molar-refractivity contribution in [1.82, 2.24) is 0 Å². The van der Waals surface area contributed by atoms with E-state index in [9.17, 15) is 19.2 Å². The quantitative estimate of drug-likeness (QED) is 0.249. The molecule has 0 radical (unpaired) electrons. The normalized spacial score (nSPS) is 30.1. The summed E-state index contributed by atoms with van der Waals surface area (Å²) in [7, 11) is 2.06. The lowest BCUT2D eigenvalue weighted by molar-refractivity contribution is -0.182. The first-order valence-electron chi connectivity index (χ1n) is 15.7. The van der Waals surface area contributed by atoms with E-state index in [4.69, 9.17) is 9.84 Å². The number of ether oxygens (including phenoxy) is 1. The van der Waals surface area contributed by atoms with E-state index in [1.54, 1.807) is 6.92 Å². The second-order valence-electron chi connectivity index (χ2n) is 13.2. The highest BCUT2D eigenvalue weighted by molar-refractivity contribution is 5.93. The van der Waals surface area contributed by atoms with Crippen molar-refractivity contribution in [2.75, 3.05) is 18.5 Å². The first-order chi connectivity index (χ1) is 20.0. The number of unbranched alkanes of at least 4 members (excludes halogenated alkanes) is 2. The van der Waals surface area contributed by atoms with Crippen LogP contribution in [0.4, 0.5) is 5.69 Å². The molecule has 0 unspecified atom stereocenters. The molecule has 7 heteroatoms. The number of rotatable bonds is 10. The first-order valence-corrected chi connectivity index (χ1v) is 15.7. The predicted octanol–water partition coefficient (Wildman–Crippen LogP) is 6.56. The summed E-state index contributed by atoms with van der Waals surface area (Å²) in [5, 5.41) is 8.87. The predicted molar refractivity (Wildman–Crippen MR) is 161 cm³/mol. The smallest absolute Gasteiger partial charge is 0.303 e. The van der Waals surface area contributed by atoms with E-state index in [2.05, 4.69) is 43.1 Å². The van der Waals surface area contributed by atoms with Gasteiger partial charge in [0.25, 0.3) is 0 Å². The molecule has 5 rings (SSSR count). The average Bonchev–Trinajstić information content (AvgIpc) is 3.24.